The van der Waals surface area contributed by atoms with E-state index in [4.69, 9.17) is 0 Å². The first-order chi connectivity index (χ1) is 9.54. The van der Waals surface area contributed by atoms with Crippen molar-refractivity contribution in [2.24, 2.45) is 0 Å². The third-order valence-electron chi connectivity index (χ3n) is 4.30. The average molecular weight is 294 g/mol. The smallest absolute Gasteiger partial charge is 0.265 e. The molecule has 6 heteroatoms. The summed E-state index contributed by atoms with van der Waals surface area (Å²) in [5, 5.41) is 0.974. The van der Waals surface area contributed by atoms with E-state index in [1.165, 1.54) is 11.3 Å². The number of aromatic nitrogens is 1. The van der Waals surface area contributed by atoms with Gasteiger partial charge in [0.1, 0.15) is 4.88 Å². The van der Waals surface area contributed by atoms with Crippen LogP contribution in [0.3, 0.4) is 0 Å². The highest BCUT2D eigenvalue weighted by Crippen LogP contribution is 2.24. The summed E-state index contributed by atoms with van der Waals surface area (Å²) in [7, 11) is 2.17. The van der Waals surface area contributed by atoms with Gasteiger partial charge in [-0.15, -0.1) is 11.3 Å². The van der Waals surface area contributed by atoms with E-state index < -0.39 is 0 Å². The second-order valence-corrected chi connectivity index (χ2v) is 7.05. The molecule has 3 heterocycles. The van der Waals surface area contributed by atoms with Gasteiger partial charge in [0.25, 0.3) is 5.91 Å². The van der Waals surface area contributed by atoms with Gasteiger partial charge in [-0.1, -0.05) is 0 Å². The van der Waals surface area contributed by atoms with Crippen LogP contribution in [0, 0.1) is 13.8 Å². The lowest BCUT2D eigenvalue weighted by Gasteiger charge is -2.47. The second kappa shape index (κ2) is 5.42. The quantitative estimate of drug-likeness (QED) is 0.810. The minimum absolute atomic E-state index is 0.165. The van der Waals surface area contributed by atoms with Crippen LogP contribution in [0.5, 0.6) is 0 Å². The van der Waals surface area contributed by atoms with Gasteiger partial charge in [-0.05, 0) is 20.9 Å². The molecular formula is C14H22N4OS. The Hall–Kier alpha value is -0.980. The van der Waals surface area contributed by atoms with Gasteiger partial charge in [0, 0.05) is 45.3 Å². The number of amides is 1. The topological polar surface area (TPSA) is 39.7 Å². The van der Waals surface area contributed by atoms with E-state index >= 15 is 0 Å². The van der Waals surface area contributed by atoms with Crippen molar-refractivity contribution in [2.75, 3.05) is 46.3 Å². The number of thiazole rings is 1. The molecule has 0 spiro atoms. The number of rotatable bonds is 2. The SMILES string of the molecule is Cc1nc(C)c(C(=O)N2CC(N3CCN(C)CC3)C2)s1. The predicted octanol–water partition coefficient (Wildman–Crippen LogP) is 0.832. The lowest BCUT2D eigenvalue weighted by atomic mass is 10.1. The number of hydrogen-bond acceptors (Lipinski definition) is 5. The average Bonchev–Trinajstić information content (AvgIpc) is 2.69. The fourth-order valence-electron chi connectivity index (χ4n) is 2.91. The lowest BCUT2D eigenvalue weighted by molar-refractivity contribution is 0.0113. The van der Waals surface area contributed by atoms with Crippen molar-refractivity contribution in [3.8, 4) is 0 Å². The first-order valence-electron chi connectivity index (χ1n) is 7.20. The van der Waals surface area contributed by atoms with Crippen LogP contribution in [0.2, 0.25) is 0 Å². The van der Waals surface area contributed by atoms with Gasteiger partial charge in [0.15, 0.2) is 0 Å². The zero-order valence-corrected chi connectivity index (χ0v) is 13.2. The van der Waals surface area contributed by atoms with E-state index in [1.54, 1.807) is 0 Å². The zero-order valence-electron chi connectivity index (χ0n) is 12.4. The van der Waals surface area contributed by atoms with Crippen molar-refractivity contribution in [3.05, 3.63) is 15.6 Å². The van der Waals surface area contributed by atoms with Crippen LogP contribution in [0.1, 0.15) is 20.4 Å². The molecule has 0 aliphatic carbocycles. The number of carbonyl (C=O) groups excluding carboxylic acids is 1. The van der Waals surface area contributed by atoms with E-state index in [0.29, 0.717) is 6.04 Å². The summed E-state index contributed by atoms with van der Waals surface area (Å²) < 4.78 is 0. The van der Waals surface area contributed by atoms with Gasteiger partial charge in [0.2, 0.25) is 0 Å². The standard InChI is InChI=1S/C14H22N4OS/c1-10-13(20-11(2)15-10)14(19)18-8-12(9-18)17-6-4-16(3)5-7-17/h12H,4-9H2,1-3H3. The Morgan fingerprint density at radius 2 is 1.85 bits per heavy atom. The summed E-state index contributed by atoms with van der Waals surface area (Å²) in [5.41, 5.74) is 0.876. The second-order valence-electron chi connectivity index (χ2n) is 5.85. The van der Waals surface area contributed by atoms with E-state index in [0.717, 1.165) is 54.8 Å². The van der Waals surface area contributed by atoms with Crippen molar-refractivity contribution in [2.45, 2.75) is 19.9 Å². The summed E-state index contributed by atoms with van der Waals surface area (Å²) in [6, 6.07) is 0.557. The van der Waals surface area contributed by atoms with E-state index in [1.807, 2.05) is 18.7 Å². The maximum Gasteiger partial charge on any atom is 0.265 e. The predicted molar refractivity (Wildman–Crippen MR) is 80.3 cm³/mol. The first-order valence-corrected chi connectivity index (χ1v) is 8.02. The molecule has 3 rings (SSSR count). The maximum absolute atomic E-state index is 12.4. The normalized spacial score (nSPS) is 22.1. The molecule has 2 aliphatic heterocycles. The summed E-state index contributed by atoms with van der Waals surface area (Å²) in [6.45, 7) is 10.2. The maximum atomic E-state index is 12.4. The summed E-state index contributed by atoms with van der Waals surface area (Å²) in [6.07, 6.45) is 0. The Labute approximate surface area is 124 Å². The number of piperazine rings is 1. The number of likely N-dealkylation sites (N-methyl/N-ethyl adjacent to an activating group) is 1. The molecule has 2 aliphatic rings. The largest absolute Gasteiger partial charge is 0.335 e. The van der Waals surface area contributed by atoms with Crippen molar-refractivity contribution < 1.29 is 4.79 Å². The van der Waals surface area contributed by atoms with E-state index in [-0.39, 0.29) is 5.91 Å². The van der Waals surface area contributed by atoms with Gasteiger partial charge >= 0.3 is 0 Å². The highest BCUT2D eigenvalue weighted by molar-refractivity contribution is 7.13. The summed E-state index contributed by atoms with van der Waals surface area (Å²) in [5.74, 6) is 0.165. The Balaban J connectivity index is 1.55. The molecule has 1 aromatic rings. The lowest BCUT2D eigenvalue weighted by Crippen LogP contribution is -2.63. The van der Waals surface area contributed by atoms with Crippen LogP contribution in [0.4, 0.5) is 0 Å². The molecule has 2 saturated heterocycles. The monoisotopic (exact) mass is 294 g/mol. The van der Waals surface area contributed by atoms with Crippen LogP contribution in [0.15, 0.2) is 0 Å². The number of carbonyl (C=O) groups is 1. The van der Waals surface area contributed by atoms with Crippen LogP contribution >= 0.6 is 11.3 Å². The molecule has 0 N–H and O–H groups in total. The van der Waals surface area contributed by atoms with Crippen molar-refractivity contribution in [1.82, 2.24) is 19.7 Å². The minimum Gasteiger partial charge on any atom is -0.335 e. The minimum atomic E-state index is 0.165. The Morgan fingerprint density at radius 3 is 2.40 bits per heavy atom. The van der Waals surface area contributed by atoms with Crippen molar-refractivity contribution in [1.29, 1.82) is 0 Å². The fraction of sp³-hybridized carbons (Fsp3) is 0.714. The first kappa shape index (κ1) is 14.0. The number of aryl methyl sites for hydroxylation is 2. The molecule has 0 unspecified atom stereocenters. The van der Waals surface area contributed by atoms with Crippen molar-refractivity contribution >= 4 is 17.2 Å². The molecule has 0 radical (unpaired) electrons. The zero-order chi connectivity index (χ0) is 14.3. The van der Waals surface area contributed by atoms with E-state index in [2.05, 4.69) is 21.8 Å². The van der Waals surface area contributed by atoms with Gasteiger partial charge in [-0.25, -0.2) is 4.98 Å². The highest BCUT2D eigenvalue weighted by atomic mass is 32.1. The molecule has 2 fully saturated rings. The molecule has 1 amide bonds. The highest BCUT2D eigenvalue weighted by Gasteiger charge is 2.36. The van der Waals surface area contributed by atoms with Crippen molar-refractivity contribution in [3.63, 3.8) is 0 Å². The molecular weight excluding hydrogens is 272 g/mol. The van der Waals surface area contributed by atoms with Crippen LogP contribution in [-0.2, 0) is 0 Å². The Kier molecular flexibility index (Phi) is 3.79. The molecule has 0 aromatic carbocycles. The van der Waals surface area contributed by atoms with Gasteiger partial charge in [-0.3, -0.25) is 9.69 Å². The number of likely N-dealkylation sites (tertiary alicyclic amines) is 1. The van der Waals surface area contributed by atoms with E-state index in [9.17, 15) is 4.79 Å². The Bertz CT molecular complexity index is 501. The van der Waals surface area contributed by atoms with Crippen LogP contribution in [0.25, 0.3) is 0 Å². The molecule has 1 aromatic heterocycles. The summed E-state index contributed by atoms with van der Waals surface area (Å²) >= 11 is 1.51. The van der Waals surface area contributed by atoms with Crippen LogP contribution in [-0.4, -0.2) is 77.9 Å². The van der Waals surface area contributed by atoms with Gasteiger partial charge in [-0.2, -0.15) is 0 Å². The van der Waals surface area contributed by atoms with Gasteiger partial charge < -0.3 is 9.80 Å². The third kappa shape index (κ3) is 2.60. The third-order valence-corrected chi connectivity index (χ3v) is 5.36. The summed E-state index contributed by atoms with van der Waals surface area (Å²) in [4.78, 5) is 24.4. The molecule has 0 bridgehead atoms. The number of nitrogens with zero attached hydrogens (tertiary/aromatic N) is 4. The molecule has 110 valence electrons. The Morgan fingerprint density at radius 1 is 1.20 bits per heavy atom. The molecule has 0 saturated carbocycles. The molecule has 0 atom stereocenters. The molecule has 5 nitrogen and oxygen atoms in total. The fourth-order valence-corrected chi connectivity index (χ4v) is 3.80. The molecule has 20 heavy (non-hydrogen) atoms. The van der Waals surface area contributed by atoms with Gasteiger partial charge in [0.05, 0.1) is 10.7 Å². The van der Waals surface area contributed by atoms with Crippen LogP contribution < -0.4 is 0 Å². The number of hydrogen-bond donors (Lipinski definition) is 0.